The fourth-order valence-corrected chi connectivity index (χ4v) is 4.48. The smallest absolute Gasteiger partial charge is 0.273 e. The van der Waals surface area contributed by atoms with Crippen molar-refractivity contribution in [2.75, 3.05) is 36.4 Å². The second-order valence-electron chi connectivity index (χ2n) is 6.53. The van der Waals surface area contributed by atoms with Gasteiger partial charge in [0.1, 0.15) is 5.69 Å². The molecular weight excluding hydrogens is 451 g/mol. The van der Waals surface area contributed by atoms with Gasteiger partial charge in [-0.25, -0.2) is 4.98 Å². The number of aromatic nitrogens is 1. The summed E-state index contributed by atoms with van der Waals surface area (Å²) in [4.78, 5) is 21.2. The van der Waals surface area contributed by atoms with Crippen LogP contribution in [0.25, 0.3) is 0 Å². The summed E-state index contributed by atoms with van der Waals surface area (Å²) in [6.45, 7) is 2.56. The average Bonchev–Trinajstić information content (AvgIpc) is 3.18. The molecule has 1 aromatic heterocycles. The highest BCUT2D eigenvalue weighted by molar-refractivity contribution is 7.14. The van der Waals surface area contributed by atoms with Crippen LogP contribution < -0.4 is 10.2 Å². The SMILES string of the molecule is O=C(c1csc(Nc2cccc(Cl)c2)n1)N1CCN(c2cccc(Cl)c2Cl)CC1. The summed E-state index contributed by atoms with van der Waals surface area (Å²) in [7, 11) is 0. The topological polar surface area (TPSA) is 48.5 Å². The molecule has 0 spiro atoms. The van der Waals surface area contributed by atoms with Crippen molar-refractivity contribution in [3.05, 3.63) is 68.6 Å². The van der Waals surface area contributed by atoms with Crippen molar-refractivity contribution < 1.29 is 4.79 Å². The molecule has 150 valence electrons. The Morgan fingerprint density at radius 2 is 1.79 bits per heavy atom. The number of amides is 1. The number of thiazole rings is 1. The first-order valence-electron chi connectivity index (χ1n) is 8.97. The zero-order valence-electron chi connectivity index (χ0n) is 15.2. The molecular formula is C20H17Cl3N4OS. The van der Waals surface area contributed by atoms with Gasteiger partial charge in [-0.2, -0.15) is 0 Å². The fourth-order valence-electron chi connectivity index (χ4n) is 3.17. The Morgan fingerprint density at radius 1 is 1.03 bits per heavy atom. The van der Waals surface area contributed by atoms with Crippen LogP contribution in [-0.4, -0.2) is 42.0 Å². The summed E-state index contributed by atoms with van der Waals surface area (Å²) in [6, 6.07) is 13.0. The minimum absolute atomic E-state index is 0.0720. The van der Waals surface area contributed by atoms with Gasteiger partial charge in [0.05, 0.1) is 15.7 Å². The predicted octanol–water partition coefficient (Wildman–Crippen LogP) is 5.81. The predicted molar refractivity (Wildman–Crippen MR) is 121 cm³/mol. The van der Waals surface area contributed by atoms with Crippen molar-refractivity contribution in [1.29, 1.82) is 0 Å². The van der Waals surface area contributed by atoms with Crippen molar-refractivity contribution in [3.8, 4) is 0 Å². The molecule has 1 saturated heterocycles. The maximum Gasteiger partial charge on any atom is 0.273 e. The molecule has 2 aromatic carbocycles. The van der Waals surface area contributed by atoms with Crippen molar-refractivity contribution in [1.82, 2.24) is 9.88 Å². The lowest BCUT2D eigenvalue weighted by molar-refractivity contribution is 0.0742. The van der Waals surface area contributed by atoms with Crippen LogP contribution in [0, 0.1) is 0 Å². The quantitative estimate of drug-likeness (QED) is 0.526. The number of anilines is 3. The van der Waals surface area contributed by atoms with E-state index in [9.17, 15) is 4.79 Å². The highest BCUT2D eigenvalue weighted by atomic mass is 35.5. The average molecular weight is 468 g/mol. The molecule has 0 radical (unpaired) electrons. The van der Waals surface area contributed by atoms with Crippen LogP contribution in [0.5, 0.6) is 0 Å². The number of hydrogen-bond acceptors (Lipinski definition) is 5. The lowest BCUT2D eigenvalue weighted by Crippen LogP contribution is -2.49. The van der Waals surface area contributed by atoms with Gasteiger partial charge in [0.15, 0.2) is 5.13 Å². The normalized spacial score (nSPS) is 14.2. The first-order valence-corrected chi connectivity index (χ1v) is 11.0. The molecule has 2 heterocycles. The number of nitrogens with zero attached hydrogens (tertiary/aromatic N) is 3. The summed E-state index contributed by atoms with van der Waals surface area (Å²) >= 11 is 19.8. The lowest BCUT2D eigenvalue weighted by atomic mass is 10.2. The zero-order chi connectivity index (χ0) is 20.4. The molecule has 9 heteroatoms. The van der Waals surface area contributed by atoms with Gasteiger partial charge >= 0.3 is 0 Å². The van der Waals surface area contributed by atoms with E-state index in [1.165, 1.54) is 11.3 Å². The molecule has 5 nitrogen and oxygen atoms in total. The van der Waals surface area contributed by atoms with Gasteiger partial charge in [-0.3, -0.25) is 4.79 Å². The minimum Gasteiger partial charge on any atom is -0.367 e. The molecule has 1 aliphatic heterocycles. The maximum absolute atomic E-state index is 12.8. The van der Waals surface area contributed by atoms with Crippen LogP contribution in [0.15, 0.2) is 47.8 Å². The van der Waals surface area contributed by atoms with E-state index in [0.29, 0.717) is 52.1 Å². The molecule has 3 aromatic rings. The molecule has 1 fully saturated rings. The van der Waals surface area contributed by atoms with Gasteiger partial charge in [-0.1, -0.05) is 46.9 Å². The highest BCUT2D eigenvalue weighted by Crippen LogP contribution is 2.33. The van der Waals surface area contributed by atoms with Gasteiger partial charge in [-0.05, 0) is 30.3 Å². The van der Waals surface area contributed by atoms with Gasteiger partial charge in [-0.15, -0.1) is 11.3 Å². The van der Waals surface area contributed by atoms with E-state index in [0.717, 1.165) is 11.4 Å². The fraction of sp³-hybridized carbons (Fsp3) is 0.200. The van der Waals surface area contributed by atoms with Gasteiger partial charge in [0.25, 0.3) is 5.91 Å². The third-order valence-corrected chi connectivity index (χ3v) is 6.44. The number of nitrogens with one attached hydrogen (secondary N) is 1. The summed E-state index contributed by atoms with van der Waals surface area (Å²) in [5.41, 5.74) is 2.17. The lowest BCUT2D eigenvalue weighted by Gasteiger charge is -2.36. The first kappa shape index (κ1) is 20.3. The molecule has 4 rings (SSSR count). The molecule has 1 aliphatic rings. The first-order chi connectivity index (χ1) is 14.0. The van der Waals surface area contributed by atoms with E-state index in [1.807, 2.05) is 35.2 Å². The maximum atomic E-state index is 12.8. The number of rotatable bonds is 4. The van der Waals surface area contributed by atoms with Crippen LogP contribution in [0.4, 0.5) is 16.5 Å². The van der Waals surface area contributed by atoms with Gasteiger partial charge in [0, 0.05) is 42.3 Å². The Morgan fingerprint density at radius 3 is 2.55 bits per heavy atom. The minimum atomic E-state index is -0.0720. The molecule has 0 unspecified atom stereocenters. The van der Waals surface area contributed by atoms with Crippen LogP contribution in [-0.2, 0) is 0 Å². The van der Waals surface area contributed by atoms with Crippen LogP contribution in [0.1, 0.15) is 10.5 Å². The van der Waals surface area contributed by atoms with E-state index in [1.54, 1.807) is 17.5 Å². The molecule has 0 atom stereocenters. The van der Waals surface area contributed by atoms with Crippen molar-refractivity contribution >= 4 is 68.6 Å². The number of piperazine rings is 1. The van der Waals surface area contributed by atoms with E-state index >= 15 is 0 Å². The Balaban J connectivity index is 1.39. The van der Waals surface area contributed by atoms with E-state index < -0.39 is 0 Å². The third-order valence-electron chi connectivity index (χ3n) is 4.64. The molecule has 0 bridgehead atoms. The summed E-state index contributed by atoms with van der Waals surface area (Å²) in [5, 5.41) is 7.32. The van der Waals surface area contributed by atoms with Gasteiger partial charge in [0.2, 0.25) is 0 Å². The second-order valence-corrected chi connectivity index (χ2v) is 8.61. The Bertz CT molecular complexity index is 1030. The number of hydrogen-bond donors (Lipinski definition) is 1. The Labute approximate surface area is 187 Å². The van der Waals surface area contributed by atoms with Crippen molar-refractivity contribution in [2.24, 2.45) is 0 Å². The number of carbonyl (C=O) groups is 1. The van der Waals surface area contributed by atoms with Crippen LogP contribution in [0.3, 0.4) is 0 Å². The molecule has 1 N–H and O–H groups in total. The van der Waals surface area contributed by atoms with E-state index in [-0.39, 0.29) is 5.91 Å². The number of carbonyl (C=O) groups excluding carboxylic acids is 1. The number of benzene rings is 2. The summed E-state index contributed by atoms with van der Waals surface area (Å²) in [5.74, 6) is -0.0720. The van der Waals surface area contributed by atoms with Crippen molar-refractivity contribution in [2.45, 2.75) is 0 Å². The molecule has 1 amide bonds. The van der Waals surface area contributed by atoms with E-state index in [2.05, 4.69) is 15.2 Å². The molecule has 29 heavy (non-hydrogen) atoms. The van der Waals surface area contributed by atoms with Crippen LogP contribution >= 0.6 is 46.1 Å². The third kappa shape index (κ3) is 4.61. The Hall–Kier alpha value is -1.99. The summed E-state index contributed by atoms with van der Waals surface area (Å²) in [6.07, 6.45) is 0. The summed E-state index contributed by atoms with van der Waals surface area (Å²) < 4.78 is 0. The van der Waals surface area contributed by atoms with Crippen LogP contribution in [0.2, 0.25) is 15.1 Å². The Kier molecular flexibility index (Phi) is 6.15. The zero-order valence-corrected chi connectivity index (χ0v) is 18.3. The molecule has 0 saturated carbocycles. The largest absolute Gasteiger partial charge is 0.367 e. The standard InChI is InChI=1S/C20H17Cl3N4OS/c21-13-3-1-4-14(11-13)24-20-25-16(12-29-20)19(28)27-9-7-26(8-10-27)17-6-2-5-15(22)18(17)23/h1-6,11-12H,7-10H2,(H,24,25). The monoisotopic (exact) mass is 466 g/mol. The molecule has 0 aliphatic carbocycles. The number of halogens is 3. The van der Waals surface area contributed by atoms with Gasteiger partial charge < -0.3 is 15.1 Å². The van der Waals surface area contributed by atoms with E-state index in [4.69, 9.17) is 34.8 Å². The van der Waals surface area contributed by atoms with Crippen molar-refractivity contribution in [3.63, 3.8) is 0 Å². The highest BCUT2D eigenvalue weighted by Gasteiger charge is 2.25. The second kappa shape index (κ2) is 8.79.